The number of benzene rings is 1. The van der Waals surface area contributed by atoms with E-state index in [1.54, 1.807) is 25.3 Å². The molecule has 3 atom stereocenters. The molecule has 3 N–H and O–H groups in total. The van der Waals surface area contributed by atoms with Crippen molar-refractivity contribution >= 4 is 23.2 Å². The Morgan fingerprint density at radius 1 is 1.45 bits per heavy atom. The standard InChI is InChI=1S/C16H22ClN3O2/c1-22-15-5-3-11(6-13(15)17)19-16(21)9-20-7-10-2-4-14(18)12(10)8-20/h3,5-6,10,12,14H,2,4,7-9,18H2,1H3,(H,19,21). The van der Waals surface area contributed by atoms with Crippen molar-refractivity contribution in [2.45, 2.75) is 18.9 Å². The van der Waals surface area contributed by atoms with Gasteiger partial charge >= 0.3 is 0 Å². The number of ether oxygens (including phenoxy) is 1. The highest BCUT2D eigenvalue weighted by Gasteiger charge is 2.41. The van der Waals surface area contributed by atoms with Gasteiger partial charge in [-0.05, 0) is 42.9 Å². The predicted molar refractivity (Wildman–Crippen MR) is 87.3 cm³/mol. The molecule has 22 heavy (non-hydrogen) atoms. The Labute approximate surface area is 135 Å². The third kappa shape index (κ3) is 3.21. The molecule has 0 bridgehead atoms. The summed E-state index contributed by atoms with van der Waals surface area (Å²) in [6, 6.07) is 5.54. The van der Waals surface area contributed by atoms with E-state index in [9.17, 15) is 4.79 Å². The highest BCUT2D eigenvalue weighted by atomic mass is 35.5. The van der Waals surface area contributed by atoms with Crippen molar-refractivity contribution in [2.24, 2.45) is 17.6 Å². The lowest BCUT2D eigenvalue weighted by atomic mass is 9.98. The average Bonchev–Trinajstić information content (AvgIpc) is 3.01. The third-order valence-electron chi connectivity index (χ3n) is 4.79. The van der Waals surface area contributed by atoms with Crippen molar-refractivity contribution in [2.75, 3.05) is 32.1 Å². The molecule has 1 aliphatic carbocycles. The van der Waals surface area contributed by atoms with E-state index in [2.05, 4.69) is 10.2 Å². The van der Waals surface area contributed by atoms with Crippen LogP contribution in [0.5, 0.6) is 5.75 Å². The normalized spacial score (nSPS) is 27.7. The number of nitrogens with one attached hydrogen (secondary N) is 1. The van der Waals surface area contributed by atoms with E-state index < -0.39 is 0 Å². The van der Waals surface area contributed by atoms with Gasteiger partial charge in [-0.15, -0.1) is 0 Å². The fourth-order valence-corrected chi connectivity index (χ4v) is 3.93. The van der Waals surface area contributed by atoms with Gasteiger partial charge in [0.15, 0.2) is 0 Å². The quantitative estimate of drug-likeness (QED) is 0.889. The molecule has 120 valence electrons. The molecule has 1 aromatic rings. The number of nitrogens with zero attached hydrogens (tertiary/aromatic N) is 1. The van der Waals surface area contributed by atoms with Crippen molar-refractivity contribution in [3.63, 3.8) is 0 Å². The molecule has 5 nitrogen and oxygen atoms in total. The molecule has 6 heteroatoms. The number of methoxy groups -OCH3 is 1. The van der Waals surface area contributed by atoms with E-state index in [0.717, 1.165) is 19.5 Å². The first-order chi connectivity index (χ1) is 10.6. The van der Waals surface area contributed by atoms with Crippen LogP contribution in [0.2, 0.25) is 5.02 Å². The molecule has 3 rings (SSSR count). The maximum Gasteiger partial charge on any atom is 0.238 e. The van der Waals surface area contributed by atoms with Crippen LogP contribution in [-0.4, -0.2) is 43.6 Å². The number of carbonyl (C=O) groups is 1. The van der Waals surface area contributed by atoms with Crippen LogP contribution >= 0.6 is 11.6 Å². The van der Waals surface area contributed by atoms with E-state index in [1.807, 2.05) is 0 Å². The Morgan fingerprint density at radius 3 is 2.95 bits per heavy atom. The van der Waals surface area contributed by atoms with Gasteiger partial charge in [-0.1, -0.05) is 11.6 Å². The molecular formula is C16H22ClN3O2. The van der Waals surface area contributed by atoms with Gasteiger partial charge in [-0.25, -0.2) is 0 Å². The van der Waals surface area contributed by atoms with Crippen molar-refractivity contribution in [1.82, 2.24) is 4.90 Å². The zero-order valence-corrected chi connectivity index (χ0v) is 13.5. The lowest BCUT2D eigenvalue weighted by Crippen LogP contribution is -2.34. The van der Waals surface area contributed by atoms with Crippen LogP contribution in [0.1, 0.15) is 12.8 Å². The Morgan fingerprint density at radius 2 is 2.27 bits per heavy atom. The summed E-state index contributed by atoms with van der Waals surface area (Å²) in [6.07, 6.45) is 2.32. The summed E-state index contributed by atoms with van der Waals surface area (Å²) in [6.45, 7) is 2.32. The van der Waals surface area contributed by atoms with Crippen LogP contribution in [0.4, 0.5) is 5.69 Å². The number of rotatable bonds is 4. The van der Waals surface area contributed by atoms with E-state index in [4.69, 9.17) is 22.1 Å². The largest absolute Gasteiger partial charge is 0.495 e. The van der Waals surface area contributed by atoms with E-state index in [-0.39, 0.29) is 5.91 Å². The molecule has 0 radical (unpaired) electrons. The summed E-state index contributed by atoms with van der Waals surface area (Å²) in [5.41, 5.74) is 6.81. The summed E-state index contributed by atoms with van der Waals surface area (Å²) < 4.78 is 5.10. The molecule has 1 aliphatic heterocycles. The number of likely N-dealkylation sites (tertiary alicyclic amines) is 1. The average molecular weight is 324 g/mol. The minimum absolute atomic E-state index is 0.0187. The Hall–Kier alpha value is -1.30. The number of hydrogen-bond donors (Lipinski definition) is 2. The zero-order chi connectivity index (χ0) is 15.7. The molecule has 1 heterocycles. The first-order valence-electron chi connectivity index (χ1n) is 7.68. The zero-order valence-electron chi connectivity index (χ0n) is 12.7. The molecule has 1 saturated carbocycles. The van der Waals surface area contributed by atoms with Crippen LogP contribution in [-0.2, 0) is 4.79 Å². The minimum Gasteiger partial charge on any atom is -0.495 e. The molecule has 0 spiro atoms. The Balaban J connectivity index is 1.54. The van der Waals surface area contributed by atoms with Gasteiger partial charge in [0.05, 0.1) is 18.7 Å². The first kappa shape index (κ1) is 15.6. The molecule has 3 unspecified atom stereocenters. The van der Waals surface area contributed by atoms with Gasteiger partial charge in [-0.3, -0.25) is 9.69 Å². The lowest BCUT2D eigenvalue weighted by Gasteiger charge is -2.18. The second kappa shape index (κ2) is 6.44. The maximum atomic E-state index is 12.2. The van der Waals surface area contributed by atoms with Crippen LogP contribution in [0, 0.1) is 11.8 Å². The monoisotopic (exact) mass is 323 g/mol. The number of carbonyl (C=O) groups excluding carboxylic acids is 1. The van der Waals surface area contributed by atoms with Crippen molar-refractivity contribution in [3.05, 3.63) is 23.2 Å². The van der Waals surface area contributed by atoms with Crippen LogP contribution in [0.3, 0.4) is 0 Å². The van der Waals surface area contributed by atoms with E-state index >= 15 is 0 Å². The highest BCUT2D eigenvalue weighted by Crippen LogP contribution is 2.37. The Bertz CT molecular complexity index is 566. The summed E-state index contributed by atoms with van der Waals surface area (Å²) in [5, 5.41) is 3.37. The fraction of sp³-hybridized carbons (Fsp3) is 0.562. The number of hydrogen-bond acceptors (Lipinski definition) is 4. The molecular weight excluding hydrogens is 302 g/mol. The van der Waals surface area contributed by atoms with E-state index in [1.165, 1.54) is 6.42 Å². The minimum atomic E-state index is -0.0187. The third-order valence-corrected chi connectivity index (χ3v) is 5.09. The van der Waals surface area contributed by atoms with Gasteiger partial charge in [0.2, 0.25) is 5.91 Å². The van der Waals surface area contributed by atoms with Gasteiger partial charge in [-0.2, -0.15) is 0 Å². The number of anilines is 1. The number of halogens is 1. The number of amides is 1. The molecule has 2 fully saturated rings. The number of fused-ring (bicyclic) bond motifs is 1. The van der Waals surface area contributed by atoms with Crippen LogP contribution in [0.25, 0.3) is 0 Å². The summed E-state index contributed by atoms with van der Waals surface area (Å²) in [5.74, 6) is 1.80. The van der Waals surface area contributed by atoms with Crippen molar-refractivity contribution < 1.29 is 9.53 Å². The molecule has 0 aromatic heterocycles. The summed E-state index contributed by atoms with van der Waals surface area (Å²) >= 11 is 6.06. The molecule has 1 aromatic carbocycles. The topological polar surface area (TPSA) is 67.6 Å². The van der Waals surface area contributed by atoms with Crippen molar-refractivity contribution in [3.8, 4) is 5.75 Å². The van der Waals surface area contributed by atoms with E-state index in [0.29, 0.717) is 40.9 Å². The SMILES string of the molecule is COc1ccc(NC(=O)CN2CC3CCC(N)C3C2)cc1Cl. The number of nitrogens with two attached hydrogens (primary N) is 1. The van der Waals surface area contributed by atoms with Crippen LogP contribution < -0.4 is 15.8 Å². The van der Waals surface area contributed by atoms with Crippen molar-refractivity contribution in [1.29, 1.82) is 0 Å². The molecule has 2 aliphatic rings. The van der Waals surface area contributed by atoms with Gasteiger partial charge in [0.25, 0.3) is 0 Å². The highest BCUT2D eigenvalue weighted by molar-refractivity contribution is 6.32. The summed E-state index contributed by atoms with van der Waals surface area (Å²) in [7, 11) is 1.56. The smallest absolute Gasteiger partial charge is 0.238 e. The maximum absolute atomic E-state index is 12.2. The second-order valence-electron chi connectivity index (χ2n) is 6.26. The predicted octanol–water partition coefficient (Wildman–Crippen LogP) is 1.96. The lowest BCUT2D eigenvalue weighted by molar-refractivity contribution is -0.117. The fourth-order valence-electron chi connectivity index (χ4n) is 3.68. The van der Waals surface area contributed by atoms with Gasteiger partial charge in [0.1, 0.15) is 5.75 Å². The second-order valence-corrected chi connectivity index (χ2v) is 6.66. The van der Waals surface area contributed by atoms with Gasteiger partial charge < -0.3 is 15.8 Å². The molecule has 1 saturated heterocycles. The first-order valence-corrected chi connectivity index (χ1v) is 8.06. The van der Waals surface area contributed by atoms with Crippen LogP contribution in [0.15, 0.2) is 18.2 Å². The van der Waals surface area contributed by atoms with Gasteiger partial charge in [0, 0.05) is 24.8 Å². The summed E-state index contributed by atoms with van der Waals surface area (Å²) in [4.78, 5) is 14.4. The Kier molecular flexibility index (Phi) is 4.57. The molecule has 1 amide bonds.